The fraction of sp³-hybridized carbons (Fsp3) is 0.111. The molecule has 0 unspecified atom stereocenters. The van der Waals surface area contributed by atoms with Crippen molar-refractivity contribution >= 4 is 55.0 Å². The second-order valence-corrected chi connectivity index (χ2v) is 29.3. The summed E-state index contributed by atoms with van der Waals surface area (Å²) in [5, 5.41) is 5.80. The van der Waals surface area contributed by atoms with Crippen molar-refractivity contribution in [1.82, 2.24) is 0 Å². The second-order valence-electron chi connectivity index (χ2n) is 7.20. The van der Waals surface area contributed by atoms with E-state index in [4.69, 9.17) is 20.4 Å². The van der Waals surface area contributed by atoms with Crippen molar-refractivity contribution in [2.45, 2.75) is 18.7 Å². The maximum absolute atomic E-state index is 8.10. The Balaban J connectivity index is 2.05. The van der Waals surface area contributed by atoms with Gasteiger partial charge in [-0.05, 0) is 0 Å². The molecule has 32 heavy (non-hydrogen) atoms. The van der Waals surface area contributed by atoms with E-state index in [9.17, 15) is 0 Å². The molecule has 0 nitrogen and oxygen atoms in total. The normalized spacial score (nSPS) is 13.1. The Morgan fingerprint density at radius 1 is 0.500 bits per heavy atom. The Hall–Kier alpha value is -1.19. The van der Waals surface area contributed by atoms with Crippen molar-refractivity contribution in [1.29, 1.82) is 0 Å². The van der Waals surface area contributed by atoms with Gasteiger partial charge in [-0.3, -0.25) is 0 Å². The van der Waals surface area contributed by atoms with Gasteiger partial charge < -0.3 is 0 Å². The summed E-state index contributed by atoms with van der Waals surface area (Å²) in [6, 6.07) is 42.8. The standard InChI is InChI=1S/2C12H10P.C3H7.2ClH.Ni/c2*1-3-7-11(8-4-1)13-12-9-5-2-6-10-12;1-3-2;;;/h2*1-10H;1,3H2,2H3;2*1H;/q2*-1;;;;+4/p-2. The van der Waals surface area contributed by atoms with Gasteiger partial charge in [-0.1, -0.05) is 0 Å². The SMILES string of the molecule is CC[CH2][Ni]([Cl])([Cl])([P](c1ccccc1)c1ccccc1)[P](c1ccccc1)c1ccccc1. The van der Waals surface area contributed by atoms with Crippen molar-refractivity contribution in [2.24, 2.45) is 0 Å². The first-order chi connectivity index (χ1) is 15.5. The maximum atomic E-state index is 8.10. The Kier molecular flexibility index (Phi) is 7.78. The van der Waals surface area contributed by atoms with Crippen LogP contribution in [0.1, 0.15) is 13.3 Å². The fourth-order valence-electron chi connectivity index (χ4n) is 3.59. The number of halogens is 2. The molecule has 0 amide bonds. The number of hydrogen-bond donors (Lipinski definition) is 0. The monoisotopic (exact) mass is 541 g/mol. The third-order valence-corrected chi connectivity index (χ3v) is 28.8. The first kappa shape index (κ1) is 24.0. The molecule has 0 aliphatic carbocycles. The van der Waals surface area contributed by atoms with Crippen molar-refractivity contribution in [2.75, 3.05) is 0 Å². The molecule has 4 aromatic rings. The summed E-state index contributed by atoms with van der Waals surface area (Å²) in [4.78, 5) is 0. The average molecular weight is 543 g/mol. The van der Waals surface area contributed by atoms with E-state index in [2.05, 4.69) is 128 Å². The van der Waals surface area contributed by atoms with Crippen LogP contribution < -0.4 is 21.2 Å². The molecule has 0 spiro atoms. The molecule has 5 heteroatoms. The minimum atomic E-state index is -3.20. The van der Waals surface area contributed by atoms with E-state index in [1.165, 1.54) is 21.2 Å². The van der Waals surface area contributed by atoms with E-state index in [0.717, 1.165) is 11.8 Å². The van der Waals surface area contributed by atoms with Gasteiger partial charge in [0.05, 0.1) is 0 Å². The molecule has 0 atom stereocenters. The summed E-state index contributed by atoms with van der Waals surface area (Å²) in [6.45, 7) is 0.215. The van der Waals surface area contributed by atoms with Crippen LogP contribution in [0.3, 0.4) is 0 Å². The molecular formula is C27H27Cl2NiP2. The zero-order valence-corrected chi connectivity index (χ0v) is 22.2. The van der Waals surface area contributed by atoms with Crippen molar-refractivity contribution in [3.8, 4) is 0 Å². The van der Waals surface area contributed by atoms with Crippen LogP contribution in [0.5, 0.6) is 0 Å². The zero-order valence-electron chi connectivity index (χ0n) is 17.9. The van der Waals surface area contributed by atoms with Gasteiger partial charge in [0.1, 0.15) is 0 Å². The summed E-state index contributed by atoms with van der Waals surface area (Å²) in [5.41, 5.74) is 0. The van der Waals surface area contributed by atoms with Gasteiger partial charge in [-0.25, -0.2) is 0 Å². The van der Waals surface area contributed by atoms with Crippen molar-refractivity contribution < 1.29 is 8.71 Å². The van der Waals surface area contributed by atoms with Gasteiger partial charge in [-0.15, -0.1) is 0 Å². The van der Waals surface area contributed by atoms with E-state index < -0.39 is 22.1 Å². The third kappa shape index (κ3) is 4.85. The van der Waals surface area contributed by atoms with Crippen LogP contribution in [0.15, 0.2) is 121 Å². The van der Waals surface area contributed by atoms with Gasteiger partial charge in [0.15, 0.2) is 0 Å². The molecule has 0 radical (unpaired) electrons. The summed E-state index contributed by atoms with van der Waals surface area (Å²) in [7, 11) is 13.0. The summed E-state index contributed by atoms with van der Waals surface area (Å²) >= 11 is 0. The average Bonchev–Trinajstić information content (AvgIpc) is 2.82. The molecule has 4 rings (SSSR count). The van der Waals surface area contributed by atoms with Gasteiger partial charge in [0.25, 0.3) is 0 Å². The van der Waals surface area contributed by atoms with E-state index in [1.54, 1.807) is 0 Å². The van der Waals surface area contributed by atoms with Crippen molar-refractivity contribution in [3.05, 3.63) is 121 Å². The molecule has 0 N–H and O–H groups in total. The Morgan fingerprint density at radius 3 is 0.969 bits per heavy atom. The quantitative estimate of drug-likeness (QED) is 0.157. The molecular weight excluding hydrogens is 516 g/mol. The zero-order chi connectivity index (χ0) is 22.5. The topological polar surface area (TPSA) is 0 Å². The van der Waals surface area contributed by atoms with E-state index in [-0.39, 0.29) is 0 Å². The Labute approximate surface area is 202 Å². The van der Waals surface area contributed by atoms with Crippen LogP contribution in [0.4, 0.5) is 0 Å². The molecule has 4 aromatic carbocycles. The first-order valence-electron chi connectivity index (χ1n) is 10.5. The van der Waals surface area contributed by atoms with Crippen LogP contribution >= 0.6 is 33.8 Å². The van der Waals surface area contributed by atoms with Crippen LogP contribution in [0.25, 0.3) is 0 Å². The summed E-state index contributed by atoms with van der Waals surface area (Å²) in [5.74, 6) is 0. The molecule has 0 aliphatic heterocycles. The summed E-state index contributed by atoms with van der Waals surface area (Å²) < 4.78 is 0. The van der Waals surface area contributed by atoms with Gasteiger partial charge >= 0.3 is 204 Å². The van der Waals surface area contributed by atoms with Crippen LogP contribution in [0.2, 0.25) is 5.39 Å². The van der Waals surface area contributed by atoms with E-state index in [1.807, 2.05) is 0 Å². The predicted molar refractivity (Wildman–Crippen MR) is 145 cm³/mol. The molecule has 0 heterocycles. The third-order valence-electron chi connectivity index (χ3n) is 4.83. The fourth-order valence-corrected chi connectivity index (χ4v) is 31.3. The molecule has 0 aromatic heterocycles. The van der Waals surface area contributed by atoms with Crippen molar-refractivity contribution in [3.63, 3.8) is 0 Å². The molecule has 0 aliphatic rings. The van der Waals surface area contributed by atoms with Crippen LogP contribution in [-0.4, -0.2) is 0 Å². The molecule has 0 bridgehead atoms. The van der Waals surface area contributed by atoms with Gasteiger partial charge in [-0.2, -0.15) is 0 Å². The molecule has 169 valence electrons. The van der Waals surface area contributed by atoms with Crippen LogP contribution in [-0.2, 0) is 8.71 Å². The van der Waals surface area contributed by atoms with E-state index in [0.29, 0.717) is 0 Å². The number of rotatable bonds is 8. The molecule has 0 saturated heterocycles. The Bertz CT molecular complexity index is 957. The minimum absolute atomic E-state index is 0.805. The number of benzene rings is 4. The van der Waals surface area contributed by atoms with E-state index >= 15 is 0 Å². The second kappa shape index (κ2) is 10.4. The first-order valence-corrected chi connectivity index (χ1v) is 18.9. The molecule has 0 fully saturated rings. The Morgan fingerprint density at radius 2 is 0.750 bits per heavy atom. The number of hydrogen-bond acceptors (Lipinski definition) is 0. The predicted octanol–water partition coefficient (Wildman–Crippen LogP) is 7.91. The summed E-state index contributed by atoms with van der Waals surface area (Å²) in [6.07, 6.45) is 0.940. The molecule has 0 saturated carbocycles. The van der Waals surface area contributed by atoms with Crippen LogP contribution in [0, 0.1) is 0 Å². The van der Waals surface area contributed by atoms with Gasteiger partial charge in [0.2, 0.25) is 0 Å². The van der Waals surface area contributed by atoms with Gasteiger partial charge in [0, 0.05) is 0 Å².